The molecule has 0 bridgehead atoms. The summed E-state index contributed by atoms with van der Waals surface area (Å²) in [5, 5.41) is 20.5. The van der Waals surface area contributed by atoms with Crippen LogP contribution in [0, 0.1) is 0 Å². The third-order valence-electron chi connectivity index (χ3n) is 3.24. The first-order valence-corrected chi connectivity index (χ1v) is 6.33. The van der Waals surface area contributed by atoms with Crippen molar-refractivity contribution in [2.24, 2.45) is 12.0 Å². The molecule has 0 aliphatic heterocycles. The lowest BCUT2D eigenvalue weighted by molar-refractivity contribution is 0.180. The van der Waals surface area contributed by atoms with E-state index in [1.807, 2.05) is 13.2 Å². The van der Waals surface area contributed by atoms with Gasteiger partial charge in [0.2, 0.25) is 0 Å². The molecule has 6 nitrogen and oxygen atoms in total. The number of aliphatic imine (C=N–C) groups is 1. The Kier molecular flexibility index (Phi) is 4.19. The van der Waals surface area contributed by atoms with Crippen LogP contribution in [0.25, 0.3) is 0 Å². The second kappa shape index (κ2) is 5.86. The average Bonchev–Trinajstić information content (AvgIpc) is 2.73. The molecule has 1 atom stereocenters. The number of rotatable bonds is 4. The van der Waals surface area contributed by atoms with Crippen LogP contribution in [0.2, 0.25) is 0 Å². The van der Waals surface area contributed by atoms with Gasteiger partial charge in [0.1, 0.15) is 0 Å². The third-order valence-corrected chi connectivity index (χ3v) is 3.24. The highest BCUT2D eigenvalue weighted by Crippen LogP contribution is 2.17. The molecule has 1 aliphatic carbocycles. The fourth-order valence-electron chi connectivity index (χ4n) is 1.86. The summed E-state index contributed by atoms with van der Waals surface area (Å²) in [7, 11) is 3.57. The quantitative estimate of drug-likeness (QED) is 0.527. The fourth-order valence-corrected chi connectivity index (χ4v) is 1.86. The molecule has 0 spiro atoms. The van der Waals surface area contributed by atoms with E-state index in [2.05, 4.69) is 20.7 Å². The van der Waals surface area contributed by atoms with Gasteiger partial charge >= 0.3 is 0 Å². The maximum atomic E-state index is 9.98. The minimum atomic E-state index is -0.571. The molecule has 6 heteroatoms. The van der Waals surface area contributed by atoms with Crippen LogP contribution < -0.4 is 10.6 Å². The third kappa shape index (κ3) is 3.22. The second-order valence-corrected chi connectivity index (χ2v) is 4.69. The van der Waals surface area contributed by atoms with Crippen molar-refractivity contribution in [2.75, 3.05) is 13.6 Å². The Morgan fingerprint density at radius 3 is 2.94 bits per heavy atom. The number of nitrogens with zero attached hydrogens (tertiary/aromatic N) is 3. The zero-order valence-corrected chi connectivity index (χ0v) is 10.9. The number of aliphatic hydroxyl groups excluding tert-OH is 1. The van der Waals surface area contributed by atoms with Crippen molar-refractivity contribution in [1.82, 2.24) is 20.4 Å². The molecule has 1 unspecified atom stereocenters. The predicted octanol–water partition coefficient (Wildman–Crippen LogP) is 0.171. The maximum Gasteiger partial charge on any atom is 0.191 e. The average molecular weight is 251 g/mol. The number of guanidine groups is 1. The maximum absolute atomic E-state index is 9.98. The molecule has 1 saturated carbocycles. The number of aryl methyl sites for hydroxylation is 1. The first kappa shape index (κ1) is 12.9. The number of hydrogen-bond acceptors (Lipinski definition) is 3. The second-order valence-electron chi connectivity index (χ2n) is 4.69. The number of hydrogen-bond donors (Lipinski definition) is 3. The highest BCUT2D eigenvalue weighted by Gasteiger charge is 2.18. The first-order chi connectivity index (χ1) is 8.69. The molecule has 100 valence electrons. The first-order valence-electron chi connectivity index (χ1n) is 6.33. The molecule has 0 amide bonds. The standard InChI is InChI=1S/C12H21N5O/c1-13-12(16-10-4-3-5-10)14-7-11(18)9-6-15-17(2)8-9/h6,8,10-11,18H,3-5,7H2,1-2H3,(H2,13,14,16). The summed E-state index contributed by atoms with van der Waals surface area (Å²) in [5.74, 6) is 0.752. The van der Waals surface area contributed by atoms with Crippen molar-refractivity contribution in [3.05, 3.63) is 18.0 Å². The number of aliphatic hydroxyl groups is 1. The monoisotopic (exact) mass is 251 g/mol. The minimum absolute atomic E-state index is 0.429. The Hall–Kier alpha value is -1.56. The topological polar surface area (TPSA) is 74.5 Å². The van der Waals surface area contributed by atoms with Crippen molar-refractivity contribution in [1.29, 1.82) is 0 Å². The molecule has 0 radical (unpaired) electrons. The molecule has 2 rings (SSSR count). The van der Waals surface area contributed by atoms with E-state index in [0.717, 1.165) is 11.5 Å². The summed E-state index contributed by atoms with van der Waals surface area (Å²) in [6.07, 6.45) is 6.60. The van der Waals surface area contributed by atoms with Gasteiger partial charge in [-0.3, -0.25) is 9.67 Å². The van der Waals surface area contributed by atoms with Crippen molar-refractivity contribution in [3.8, 4) is 0 Å². The highest BCUT2D eigenvalue weighted by molar-refractivity contribution is 5.80. The SMILES string of the molecule is CN=C(NCC(O)c1cnn(C)c1)NC1CCC1. The Labute approximate surface area is 107 Å². The Balaban J connectivity index is 1.78. The predicted molar refractivity (Wildman–Crippen MR) is 70.3 cm³/mol. The summed E-state index contributed by atoms with van der Waals surface area (Å²) < 4.78 is 1.68. The van der Waals surface area contributed by atoms with Crippen LogP contribution in [-0.2, 0) is 7.05 Å². The minimum Gasteiger partial charge on any atom is -0.386 e. The van der Waals surface area contributed by atoms with Crippen LogP contribution >= 0.6 is 0 Å². The molecule has 3 N–H and O–H groups in total. The van der Waals surface area contributed by atoms with E-state index in [4.69, 9.17) is 0 Å². The Bertz CT molecular complexity index is 410. The van der Waals surface area contributed by atoms with Crippen molar-refractivity contribution in [2.45, 2.75) is 31.4 Å². The molecule has 1 aliphatic rings. The molecule has 0 aromatic carbocycles. The van der Waals surface area contributed by atoms with Gasteiger partial charge in [-0.25, -0.2) is 0 Å². The van der Waals surface area contributed by atoms with E-state index in [1.165, 1.54) is 19.3 Å². The smallest absolute Gasteiger partial charge is 0.191 e. The van der Waals surface area contributed by atoms with Crippen LogP contribution in [0.1, 0.15) is 30.9 Å². The van der Waals surface area contributed by atoms with E-state index in [9.17, 15) is 5.11 Å². The molecular weight excluding hydrogens is 230 g/mol. The van der Waals surface area contributed by atoms with E-state index < -0.39 is 6.10 Å². The summed E-state index contributed by atoms with van der Waals surface area (Å²) in [4.78, 5) is 4.14. The number of aromatic nitrogens is 2. The van der Waals surface area contributed by atoms with Gasteiger partial charge in [0.25, 0.3) is 0 Å². The summed E-state index contributed by atoms with van der Waals surface area (Å²) in [6, 6.07) is 0.534. The van der Waals surface area contributed by atoms with E-state index >= 15 is 0 Å². The molecular formula is C12H21N5O. The molecule has 1 heterocycles. The van der Waals surface area contributed by atoms with Gasteiger partial charge in [-0.2, -0.15) is 5.10 Å². The Morgan fingerprint density at radius 1 is 1.67 bits per heavy atom. The summed E-state index contributed by atoms with van der Waals surface area (Å²) >= 11 is 0. The van der Waals surface area contributed by atoms with E-state index in [1.54, 1.807) is 17.9 Å². The molecule has 0 saturated heterocycles. The highest BCUT2D eigenvalue weighted by atomic mass is 16.3. The van der Waals surface area contributed by atoms with Crippen molar-refractivity contribution < 1.29 is 5.11 Å². The lowest BCUT2D eigenvalue weighted by Gasteiger charge is -2.28. The fraction of sp³-hybridized carbons (Fsp3) is 0.667. The summed E-state index contributed by atoms with van der Waals surface area (Å²) in [5.41, 5.74) is 0.809. The largest absolute Gasteiger partial charge is 0.386 e. The number of nitrogens with one attached hydrogen (secondary N) is 2. The molecule has 1 aromatic rings. The van der Waals surface area contributed by atoms with Gasteiger partial charge in [0, 0.05) is 38.4 Å². The van der Waals surface area contributed by atoms with Gasteiger partial charge in [-0.1, -0.05) is 0 Å². The van der Waals surface area contributed by atoms with Crippen LogP contribution in [-0.4, -0.2) is 40.5 Å². The zero-order chi connectivity index (χ0) is 13.0. The molecule has 1 aromatic heterocycles. The van der Waals surface area contributed by atoms with Crippen LogP contribution in [0.4, 0.5) is 0 Å². The van der Waals surface area contributed by atoms with E-state index in [-0.39, 0.29) is 0 Å². The Morgan fingerprint density at radius 2 is 2.44 bits per heavy atom. The summed E-state index contributed by atoms with van der Waals surface area (Å²) in [6.45, 7) is 0.429. The van der Waals surface area contributed by atoms with E-state index in [0.29, 0.717) is 12.6 Å². The van der Waals surface area contributed by atoms with Gasteiger partial charge in [-0.05, 0) is 19.3 Å². The lowest BCUT2D eigenvalue weighted by Crippen LogP contribution is -2.47. The van der Waals surface area contributed by atoms with Crippen LogP contribution in [0.5, 0.6) is 0 Å². The van der Waals surface area contributed by atoms with Gasteiger partial charge < -0.3 is 15.7 Å². The van der Waals surface area contributed by atoms with Crippen LogP contribution in [0.15, 0.2) is 17.4 Å². The molecule has 18 heavy (non-hydrogen) atoms. The van der Waals surface area contributed by atoms with Crippen molar-refractivity contribution in [3.63, 3.8) is 0 Å². The lowest BCUT2D eigenvalue weighted by atomic mass is 9.93. The van der Waals surface area contributed by atoms with Crippen molar-refractivity contribution >= 4 is 5.96 Å². The van der Waals surface area contributed by atoms with Crippen LogP contribution in [0.3, 0.4) is 0 Å². The normalized spacial score (nSPS) is 18.3. The molecule has 1 fully saturated rings. The van der Waals surface area contributed by atoms with Gasteiger partial charge in [0.05, 0.1) is 12.3 Å². The van der Waals surface area contributed by atoms with Gasteiger partial charge in [-0.15, -0.1) is 0 Å². The van der Waals surface area contributed by atoms with Gasteiger partial charge in [0.15, 0.2) is 5.96 Å². The zero-order valence-electron chi connectivity index (χ0n) is 10.9.